The maximum Gasteiger partial charge on any atom is 0.230 e. The number of hydrogen-bond acceptors (Lipinski definition) is 3. The fourth-order valence-electron chi connectivity index (χ4n) is 2.73. The van der Waals surface area contributed by atoms with Gasteiger partial charge in [0.25, 0.3) is 0 Å². The van der Waals surface area contributed by atoms with Crippen LogP contribution < -0.4 is 10.6 Å². The predicted molar refractivity (Wildman–Crippen MR) is 79.7 cm³/mol. The van der Waals surface area contributed by atoms with Crippen LogP contribution in [0.15, 0.2) is 30.3 Å². The van der Waals surface area contributed by atoms with Gasteiger partial charge in [0, 0.05) is 26.3 Å². The molecule has 2 rings (SSSR count). The fraction of sp³-hybridized carbons (Fsp3) is 0.562. The van der Waals surface area contributed by atoms with Crippen LogP contribution >= 0.6 is 0 Å². The maximum absolute atomic E-state index is 12.7. The molecule has 0 spiro atoms. The Balaban J connectivity index is 2.09. The third kappa shape index (κ3) is 3.38. The van der Waals surface area contributed by atoms with Crippen molar-refractivity contribution in [1.82, 2.24) is 10.6 Å². The van der Waals surface area contributed by atoms with Crippen LogP contribution in [-0.2, 0) is 14.9 Å². The summed E-state index contributed by atoms with van der Waals surface area (Å²) in [6.45, 7) is 5.76. The monoisotopic (exact) mass is 276 g/mol. The average Bonchev–Trinajstić information content (AvgIpc) is 2.53. The van der Waals surface area contributed by atoms with Gasteiger partial charge in [0.15, 0.2) is 0 Å². The first-order chi connectivity index (χ1) is 9.79. The van der Waals surface area contributed by atoms with Crippen LogP contribution in [-0.4, -0.2) is 38.8 Å². The van der Waals surface area contributed by atoms with Crippen LogP contribution in [0.2, 0.25) is 0 Å². The van der Waals surface area contributed by atoms with Crippen LogP contribution in [0.3, 0.4) is 0 Å². The minimum Gasteiger partial charge on any atom is -0.381 e. The molecule has 0 aliphatic carbocycles. The molecule has 4 heteroatoms. The summed E-state index contributed by atoms with van der Waals surface area (Å²) in [6, 6.07) is 10.1. The topological polar surface area (TPSA) is 50.4 Å². The second-order valence-electron chi connectivity index (χ2n) is 5.17. The third-order valence-corrected chi connectivity index (χ3v) is 3.94. The first-order valence-electron chi connectivity index (χ1n) is 7.42. The summed E-state index contributed by atoms with van der Waals surface area (Å²) in [5.74, 6) is 0.130. The van der Waals surface area contributed by atoms with Crippen LogP contribution in [0.1, 0.15) is 25.3 Å². The molecule has 1 amide bonds. The number of rotatable bonds is 6. The lowest BCUT2D eigenvalue weighted by atomic mass is 9.73. The summed E-state index contributed by atoms with van der Waals surface area (Å²) in [5.41, 5.74) is 0.676. The van der Waals surface area contributed by atoms with Gasteiger partial charge >= 0.3 is 0 Å². The highest BCUT2D eigenvalue weighted by atomic mass is 16.5. The lowest BCUT2D eigenvalue weighted by molar-refractivity contribution is -0.130. The van der Waals surface area contributed by atoms with E-state index in [0.717, 1.165) is 31.5 Å². The predicted octanol–water partition coefficient (Wildman–Crippen LogP) is 1.46. The van der Waals surface area contributed by atoms with E-state index >= 15 is 0 Å². The SMILES string of the molecule is CCNCCNC(=O)C1(c2ccccc2)CCOCC1. The van der Waals surface area contributed by atoms with E-state index < -0.39 is 5.41 Å². The van der Waals surface area contributed by atoms with E-state index in [0.29, 0.717) is 19.8 Å². The summed E-state index contributed by atoms with van der Waals surface area (Å²) in [7, 11) is 0. The van der Waals surface area contributed by atoms with Crippen LogP contribution in [0.25, 0.3) is 0 Å². The lowest BCUT2D eigenvalue weighted by Gasteiger charge is -2.36. The van der Waals surface area contributed by atoms with Gasteiger partial charge < -0.3 is 15.4 Å². The van der Waals surface area contributed by atoms with Crippen molar-refractivity contribution in [3.8, 4) is 0 Å². The largest absolute Gasteiger partial charge is 0.381 e. The van der Waals surface area contributed by atoms with Gasteiger partial charge in [-0.25, -0.2) is 0 Å². The van der Waals surface area contributed by atoms with Crippen molar-refractivity contribution in [2.24, 2.45) is 0 Å². The molecule has 2 N–H and O–H groups in total. The molecule has 1 saturated heterocycles. The normalized spacial score (nSPS) is 17.6. The van der Waals surface area contributed by atoms with E-state index in [2.05, 4.69) is 29.7 Å². The Morgan fingerprint density at radius 2 is 1.90 bits per heavy atom. The summed E-state index contributed by atoms with van der Waals surface area (Å²) in [6.07, 6.45) is 1.51. The zero-order chi connectivity index (χ0) is 14.3. The van der Waals surface area contributed by atoms with Gasteiger partial charge in [0.1, 0.15) is 0 Å². The molecule has 1 aliphatic heterocycles. The highest BCUT2D eigenvalue weighted by Gasteiger charge is 2.41. The fourth-order valence-corrected chi connectivity index (χ4v) is 2.73. The molecular weight excluding hydrogens is 252 g/mol. The van der Waals surface area contributed by atoms with Gasteiger partial charge in [0.2, 0.25) is 5.91 Å². The quantitative estimate of drug-likeness (QED) is 0.773. The molecule has 0 radical (unpaired) electrons. The van der Waals surface area contributed by atoms with E-state index in [1.165, 1.54) is 0 Å². The Kier molecular flexibility index (Phi) is 5.56. The van der Waals surface area contributed by atoms with Gasteiger partial charge in [-0.2, -0.15) is 0 Å². The average molecular weight is 276 g/mol. The van der Waals surface area contributed by atoms with E-state index in [9.17, 15) is 4.79 Å². The number of likely N-dealkylation sites (N-methyl/N-ethyl adjacent to an activating group) is 1. The van der Waals surface area contributed by atoms with Crippen LogP contribution in [0, 0.1) is 0 Å². The summed E-state index contributed by atoms with van der Waals surface area (Å²) in [4.78, 5) is 12.7. The van der Waals surface area contributed by atoms with Gasteiger partial charge in [0.05, 0.1) is 5.41 Å². The summed E-state index contributed by atoms with van der Waals surface area (Å²) >= 11 is 0. The van der Waals surface area contributed by atoms with Crippen molar-refractivity contribution >= 4 is 5.91 Å². The Labute approximate surface area is 120 Å². The van der Waals surface area contributed by atoms with E-state index in [-0.39, 0.29) is 5.91 Å². The molecular formula is C16H24N2O2. The molecule has 0 saturated carbocycles. The van der Waals surface area contributed by atoms with Crippen molar-refractivity contribution in [1.29, 1.82) is 0 Å². The van der Waals surface area contributed by atoms with Gasteiger partial charge in [-0.1, -0.05) is 37.3 Å². The van der Waals surface area contributed by atoms with Crippen LogP contribution in [0.4, 0.5) is 0 Å². The van der Waals surface area contributed by atoms with E-state index in [4.69, 9.17) is 4.74 Å². The molecule has 1 aromatic rings. The van der Waals surface area contributed by atoms with Crippen molar-refractivity contribution in [3.05, 3.63) is 35.9 Å². The molecule has 1 aromatic carbocycles. The minimum atomic E-state index is -0.425. The highest BCUT2D eigenvalue weighted by Crippen LogP contribution is 2.34. The summed E-state index contributed by atoms with van der Waals surface area (Å²) in [5, 5.41) is 6.29. The second kappa shape index (κ2) is 7.41. The Hall–Kier alpha value is -1.39. The number of hydrogen-bond donors (Lipinski definition) is 2. The lowest BCUT2D eigenvalue weighted by Crippen LogP contribution is -2.49. The number of benzene rings is 1. The molecule has 0 aromatic heterocycles. The molecule has 0 atom stereocenters. The van der Waals surface area contributed by atoms with Crippen molar-refractivity contribution < 1.29 is 9.53 Å². The molecule has 0 unspecified atom stereocenters. The van der Waals surface area contributed by atoms with Gasteiger partial charge in [-0.15, -0.1) is 0 Å². The summed E-state index contributed by atoms with van der Waals surface area (Å²) < 4.78 is 5.45. The number of amides is 1. The Morgan fingerprint density at radius 1 is 1.20 bits per heavy atom. The van der Waals surface area contributed by atoms with Crippen molar-refractivity contribution in [2.45, 2.75) is 25.2 Å². The molecule has 0 bridgehead atoms. The van der Waals surface area contributed by atoms with Gasteiger partial charge in [-0.3, -0.25) is 4.79 Å². The zero-order valence-corrected chi connectivity index (χ0v) is 12.2. The first-order valence-corrected chi connectivity index (χ1v) is 7.42. The van der Waals surface area contributed by atoms with Crippen LogP contribution in [0.5, 0.6) is 0 Å². The first kappa shape index (κ1) is 15.0. The van der Waals surface area contributed by atoms with Crippen molar-refractivity contribution in [2.75, 3.05) is 32.8 Å². The maximum atomic E-state index is 12.7. The minimum absolute atomic E-state index is 0.130. The Bertz CT molecular complexity index is 414. The Morgan fingerprint density at radius 3 is 2.55 bits per heavy atom. The number of carbonyl (C=O) groups is 1. The zero-order valence-electron chi connectivity index (χ0n) is 12.2. The highest BCUT2D eigenvalue weighted by molar-refractivity contribution is 5.88. The van der Waals surface area contributed by atoms with E-state index in [1.54, 1.807) is 0 Å². The third-order valence-electron chi connectivity index (χ3n) is 3.94. The number of ether oxygens (including phenoxy) is 1. The molecule has 1 aliphatic rings. The molecule has 4 nitrogen and oxygen atoms in total. The van der Waals surface area contributed by atoms with Crippen molar-refractivity contribution in [3.63, 3.8) is 0 Å². The molecule has 1 fully saturated rings. The second-order valence-corrected chi connectivity index (χ2v) is 5.17. The number of carbonyl (C=O) groups excluding carboxylic acids is 1. The molecule has 1 heterocycles. The molecule has 20 heavy (non-hydrogen) atoms. The standard InChI is InChI=1S/C16H24N2O2/c1-2-17-10-11-18-15(19)16(8-12-20-13-9-16)14-6-4-3-5-7-14/h3-7,17H,2,8-13H2,1H3,(H,18,19). The van der Waals surface area contributed by atoms with E-state index in [1.807, 2.05) is 18.2 Å². The smallest absolute Gasteiger partial charge is 0.230 e. The molecule has 110 valence electrons. The number of nitrogens with one attached hydrogen (secondary N) is 2. The van der Waals surface area contributed by atoms with Gasteiger partial charge in [-0.05, 0) is 24.9 Å².